The summed E-state index contributed by atoms with van der Waals surface area (Å²) in [6, 6.07) is 6.61. The lowest BCUT2D eigenvalue weighted by Gasteiger charge is -2.36. The lowest BCUT2D eigenvalue weighted by atomic mass is 10.1. The second-order valence-corrected chi connectivity index (χ2v) is 6.18. The van der Waals surface area contributed by atoms with E-state index in [0.29, 0.717) is 0 Å². The zero-order chi connectivity index (χ0) is 13.8. The normalized spacial score (nSPS) is 18.6. The summed E-state index contributed by atoms with van der Waals surface area (Å²) in [7, 11) is 0. The van der Waals surface area contributed by atoms with Crippen LogP contribution < -0.4 is 10.6 Å². The summed E-state index contributed by atoms with van der Waals surface area (Å²) >= 11 is 3.63. The Morgan fingerprint density at radius 2 is 1.95 bits per heavy atom. The molecule has 0 aliphatic carbocycles. The molecule has 0 radical (unpaired) electrons. The van der Waals surface area contributed by atoms with Crippen molar-refractivity contribution in [3.05, 3.63) is 28.2 Å². The Bertz CT molecular complexity index is 412. The molecule has 0 aromatic heterocycles. The number of benzene rings is 1. The average molecular weight is 326 g/mol. The molecule has 1 saturated heterocycles. The Morgan fingerprint density at radius 3 is 2.47 bits per heavy atom. The number of halogens is 1. The van der Waals surface area contributed by atoms with Crippen LogP contribution in [-0.4, -0.2) is 37.6 Å². The first-order valence-electron chi connectivity index (χ1n) is 7.14. The summed E-state index contributed by atoms with van der Waals surface area (Å²) < 4.78 is 1.12. The third kappa shape index (κ3) is 3.71. The van der Waals surface area contributed by atoms with Gasteiger partial charge in [0.25, 0.3) is 0 Å². The third-order valence-electron chi connectivity index (χ3n) is 3.75. The van der Waals surface area contributed by atoms with E-state index in [1.807, 2.05) is 6.92 Å². The van der Waals surface area contributed by atoms with Crippen LogP contribution >= 0.6 is 15.9 Å². The lowest BCUT2D eigenvalue weighted by Crippen LogP contribution is -2.46. The van der Waals surface area contributed by atoms with Crippen LogP contribution in [0.25, 0.3) is 0 Å². The smallest absolute Gasteiger partial charge is 0.0378 e. The molecule has 1 aliphatic heterocycles. The van der Waals surface area contributed by atoms with Gasteiger partial charge >= 0.3 is 0 Å². The molecule has 1 aromatic carbocycles. The molecule has 1 aliphatic rings. The Hall–Kier alpha value is -0.580. The summed E-state index contributed by atoms with van der Waals surface area (Å²) in [5, 5.41) is 0. The highest BCUT2D eigenvalue weighted by Gasteiger charge is 2.17. The van der Waals surface area contributed by atoms with E-state index in [9.17, 15) is 0 Å². The van der Waals surface area contributed by atoms with Gasteiger partial charge < -0.3 is 10.6 Å². The summed E-state index contributed by atoms with van der Waals surface area (Å²) in [5.41, 5.74) is 8.42. The van der Waals surface area contributed by atoms with Gasteiger partial charge in [-0.3, -0.25) is 4.90 Å². The molecule has 0 unspecified atom stereocenters. The molecule has 4 heteroatoms. The van der Waals surface area contributed by atoms with Gasteiger partial charge in [0.1, 0.15) is 0 Å². The van der Waals surface area contributed by atoms with Gasteiger partial charge in [0, 0.05) is 42.4 Å². The van der Waals surface area contributed by atoms with Crippen LogP contribution in [0.3, 0.4) is 0 Å². The van der Waals surface area contributed by atoms with E-state index in [0.717, 1.165) is 17.6 Å². The molecule has 0 amide bonds. The van der Waals surface area contributed by atoms with Crippen molar-refractivity contribution in [3.8, 4) is 0 Å². The fourth-order valence-electron chi connectivity index (χ4n) is 2.63. The highest BCUT2D eigenvalue weighted by atomic mass is 79.9. The van der Waals surface area contributed by atoms with Crippen molar-refractivity contribution in [2.45, 2.75) is 26.3 Å². The minimum Gasteiger partial charge on any atom is -0.369 e. The molecule has 1 atom stereocenters. The predicted octanol–water partition coefficient (Wildman–Crippen LogP) is 3.00. The van der Waals surface area contributed by atoms with E-state index < -0.39 is 0 Å². The van der Waals surface area contributed by atoms with Gasteiger partial charge in [0.05, 0.1) is 0 Å². The van der Waals surface area contributed by atoms with Crippen LogP contribution in [0.15, 0.2) is 22.7 Å². The van der Waals surface area contributed by atoms with E-state index in [-0.39, 0.29) is 6.04 Å². The molecule has 0 spiro atoms. The van der Waals surface area contributed by atoms with E-state index in [2.05, 4.69) is 50.9 Å². The van der Waals surface area contributed by atoms with Gasteiger partial charge in [0.15, 0.2) is 0 Å². The number of nitrogens with zero attached hydrogens (tertiary/aromatic N) is 2. The summed E-state index contributed by atoms with van der Waals surface area (Å²) in [4.78, 5) is 5.00. The molecule has 0 bridgehead atoms. The number of piperazine rings is 1. The second kappa shape index (κ2) is 6.73. The zero-order valence-electron chi connectivity index (χ0n) is 11.9. The Balaban J connectivity index is 2.02. The molecular formula is C15H24BrN3. The summed E-state index contributed by atoms with van der Waals surface area (Å²) in [5.74, 6) is 0. The standard InChI is InChI=1S/C15H24BrN3/c1-3-6-18-7-9-19(10-8-18)13-4-5-14(12(2)17)15(16)11-13/h4-5,11-12H,3,6-10,17H2,1-2H3/t12-/m0/s1. The van der Waals surface area contributed by atoms with Gasteiger partial charge in [0.2, 0.25) is 0 Å². The molecule has 1 heterocycles. The minimum absolute atomic E-state index is 0.0739. The molecule has 1 fully saturated rings. The lowest BCUT2D eigenvalue weighted by molar-refractivity contribution is 0.258. The zero-order valence-corrected chi connectivity index (χ0v) is 13.5. The van der Waals surface area contributed by atoms with Crippen molar-refractivity contribution in [2.75, 3.05) is 37.6 Å². The Kier molecular flexibility index (Phi) is 5.25. The van der Waals surface area contributed by atoms with Crippen LogP contribution in [0.2, 0.25) is 0 Å². The fraction of sp³-hybridized carbons (Fsp3) is 0.600. The number of nitrogens with two attached hydrogens (primary N) is 1. The number of anilines is 1. The Labute approximate surface area is 124 Å². The van der Waals surface area contributed by atoms with Crippen LogP contribution in [0.4, 0.5) is 5.69 Å². The quantitative estimate of drug-likeness (QED) is 0.923. The van der Waals surface area contributed by atoms with E-state index in [4.69, 9.17) is 5.73 Å². The largest absolute Gasteiger partial charge is 0.369 e. The molecule has 3 nitrogen and oxygen atoms in total. The molecule has 0 saturated carbocycles. The Morgan fingerprint density at radius 1 is 1.26 bits per heavy atom. The van der Waals surface area contributed by atoms with Crippen molar-refractivity contribution >= 4 is 21.6 Å². The second-order valence-electron chi connectivity index (χ2n) is 5.32. The van der Waals surface area contributed by atoms with Crippen LogP contribution in [-0.2, 0) is 0 Å². The fourth-order valence-corrected chi connectivity index (χ4v) is 3.36. The summed E-state index contributed by atoms with van der Waals surface area (Å²) in [6.07, 6.45) is 1.24. The van der Waals surface area contributed by atoms with Crippen molar-refractivity contribution in [2.24, 2.45) is 5.73 Å². The van der Waals surface area contributed by atoms with Crippen molar-refractivity contribution in [1.82, 2.24) is 4.90 Å². The number of hydrogen-bond acceptors (Lipinski definition) is 3. The minimum atomic E-state index is 0.0739. The monoisotopic (exact) mass is 325 g/mol. The first-order valence-corrected chi connectivity index (χ1v) is 7.93. The first-order chi connectivity index (χ1) is 9.11. The molecule has 106 valence electrons. The summed E-state index contributed by atoms with van der Waals surface area (Å²) in [6.45, 7) is 10.1. The average Bonchev–Trinajstić information content (AvgIpc) is 2.39. The molecular weight excluding hydrogens is 302 g/mol. The van der Waals surface area contributed by atoms with E-state index in [1.165, 1.54) is 37.3 Å². The highest BCUT2D eigenvalue weighted by Crippen LogP contribution is 2.28. The number of hydrogen-bond donors (Lipinski definition) is 1. The van der Waals surface area contributed by atoms with Crippen molar-refractivity contribution in [3.63, 3.8) is 0 Å². The topological polar surface area (TPSA) is 32.5 Å². The van der Waals surface area contributed by atoms with Gasteiger partial charge in [-0.1, -0.05) is 28.9 Å². The predicted molar refractivity (Wildman–Crippen MR) is 85.7 cm³/mol. The van der Waals surface area contributed by atoms with Gasteiger partial charge in [-0.15, -0.1) is 0 Å². The van der Waals surface area contributed by atoms with E-state index >= 15 is 0 Å². The van der Waals surface area contributed by atoms with Crippen molar-refractivity contribution < 1.29 is 0 Å². The van der Waals surface area contributed by atoms with Crippen LogP contribution in [0.1, 0.15) is 31.9 Å². The highest BCUT2D eigenvalue weighted by molar-refractivity contribution is 9.10. The van der Waals surface area contributed by atoms with Gasteiger partial charge in [-0.05, 0) is 37.6 Å². The van der Waals surface area contributed by atoms with Crippen LogP contribution in [0.5, 0.6) is 0 Å². The van der Waals surface area contributed by atoms with Crippen molar-refractivity contribution in [1.29, 1.82) is 0 Å². The van der Waals surface area contributed by atoms with E-state index in [1.54, 1.807) is 0 Å². The third-order valence-corrected chi connectivity index (χ3v) is 4.44. The van der Waals surface area contributed by atoms with Gasteiger partial charge in [-0.25, -0.2) is 0 Å². The number of rotatable bonds is 4. The SMILES string of the molecule is CCCN1CCN(c2ccc([C@H](C)N)c(Br)c2)CC1. The maximum absolute atomic E-state index is 5.94. The molecule has 19 heavy (non-hydrogen) atoms. The maximum atomic E-state index is 5.94. The molecule has 2 N–H and O–H groups in total. The first kappa shape index (κ1) is 14.8. The van der Waals surface area contributed by atoms with Crippen LogP contribution in [0, 0.1) is 0 Å². The molecule has 1 aromatic rings. The molecule has 2 rings (SSSR count). The maximum Gasteiger partial charge on any atom is 0.0378 e. The van der Waals surface area contributed by atoms with Gasteiger partial charge in [-0.2, -0.15) is 0 Å².